The molecule has 10 heteroatoms. The van der Waals surface area contributed by atoms with E-state index in [2.05, 4.69) is 10.3 Å². The van der Waals surface area contributed by atoms with Gasteiger partial charge in [0.25, 0.3) is 5.91 Å². The molecule has 24 heavy (non-hydrogen) atoms. The predicted molar refractivity (Wildman–Crippen MR) is 76.0 cm³/mol. The summed E-state index contributed by atoms with van der Waals surface area (Å²) >= 11 is 0.994. The van der Waals surface area contributed by atoms with Gasteiger partial charge in [0.15, 0.2) is 0 Å². The van der Waals surface area contributed by atoms with Crippen LogP contribution in [0.2, 0.25) is 0 Å². The van der Waals surface area contributed by atoms with Crippen molar-refractivity contribution in [2.75, 3.05) is 5.32 Å². The Kier molecular flexibility index (Phi) is 4.62. The highest BCUT2D eigenvalue weighted by molar-refractivity contribution is 7.13. The fourth-order valence-electron chi connectivity index (χ4n) is 1.96. The molecular formula is C14H10F6N2OS. The normalized spacial score (nSPS) is 12.3. The molecule has 0 aliphatic heterocycles. The predicted octanol–water partition coefficient (Wildman–Crippen LogP) is 5.05. The van der Waals surface area contributed by atoms with Crippen LogP contribution in [0.15, 0.2) is 18.2 Å². The van der Waals surface area contributed by atoms with Crippen molar-refractivity contribution in [2.45, 2.75) is 26.2 Å². The first kappa shape index (κ1) is 18.2. The summed E-state index contributed by atoms with van der Waals surface area (Å²) < 4.78 is 76.7. The van der Waals surface area contributed by atoms with Gasteiger partial charge in [0.05, 0.1) is 21.8 Å². The molecule has 130 valence electrons. The standard InChI is InChI=1S/C14H10F6N2OS/c1-6-11(24-7(2)21-6)12(23)22-10-4-8(13(15,16)17)3-9(5-10)14(18,19)20/h3-5H,1-2H3,(H,22,23). The number of hydrogen-bond acceptors (Lipinski definition) is 3. The lowest BCUT2D eigenvalue weighted by atomic mass is 10.1. The van der Waals surface area contributed by atoms with Gasteiger partial charge in [0.2, 0.25) is 0 Å². The van der Waals surface area contributed by atoms with E-state index in [1.807, 2.05) is 0 Å². The number of thiazole rings is 1. The number of aryl methyl sites for hydroxylation is 2. The van der Waals surface area contributed by atoms with Crippen LogP contribution in [0.4, 0.5) is 32.0 Å². The molecule has 0 fully saturated rings. The van der Waals surface area contributed by atoms with E-state index in [0.717, 1.165) is 11.3 Å². The molecule has 2 rings (SSSR count). The molecule has 0 unspecified atom stereocenters. The third-order valence-corrected chi connectivity index (χ3v) is 4.03. The van der Waals surface area contributed by atoms with Crippen LogP contribution in [0.25, 0.3) is 0 Å². The molecule has 0 aliphatic carbocycles. The van der Waals surface area contributed by atoms with Crippen molar-refractivity contribution in [2.24, 2.45) is 0 Å². The first-order valence-corrected chi connectivity index (χ1v) is 7.24. The molecule has 0 spiro atoms. The van der Waals surface area contributed by atoms with Gasteiger partial charge in [-0.1, -0.05) is 0 Å². The molecule has 1 N–H and O–H groups in total. The van der Waals surface area contributed by atoms with Crippen LogP contribution in [-0.2, 0) is 12.4 Å². The molecule has 0 saturated carbocycles. The number of carbonyl (C=O) groups excluding carboxylic acids is 1. The SMILES string of the molecule is Cc1nc(C)c(C(=O)Nc2cc(C(F)(F)F)cc(C(F)(F)F)c2)s1. The van der Waals surface area contributed by atoms with E-state index < -0.39 is 35.1 Å². The Morgan fingerprint density at radius 3 is 1.88 bits per heavy atom. The summed E-state index contributed by atoms with van der Waals surface area (Å²) in [5.41, 5.74) is -3.24. The highest BCUT2D eigenvalue weighted by Gasteiger charge is 2.37. The van der Waals surface area contributed by atoms with Crippen LogP contribution in [0.5, 0.6) is 0 Å². The van der Waals surface area contributed by atoms with Gasteiger partial charge in [-0.05, 0) is 32.0 Å². The van der Waals surface area contributed by atoms with E-state index in [4.69, 9.17) is 0 Å². The number of carbonyl (C=O) groups is 1. The first-order valence-electron chi connectivity index (χ1n) is 6.43. The maximum absolute atomic E-state index is 12.8. The van der Waals surface area contributed by atoms with Gasteiger partial charge in [-0.2, -0.15) is 26.3 Å². The van der Waals surface area contributed by atoms with Crippen molar-refractivity contribution in [3.05, 3.63) is 44.9 Å². The number of anilines is 1. The Morgan fingerprint density at radius 2 is 1.50 bits per heavy atom. The molecule has 0 bridgehead atoms. The molecule has 2 aromatic rings. The number of nitrogens with zero attached hydrogens (tertiary/aromatic N) is 1. The van der Waals surface area contributed by atoms with E-state index in [-0.39, 0.29) is 10.9 Å². The van der Waals surface area contributed by atoms with Crippen molar-refractivity contribution in [1.82, 2.24) is 4.98 Å². The van der Waals surface area contributed by atoms with E-state index in [0.29, 0.717) is 22.8 Å². The number of halogens is 6. The summed E-state index contributed by atoms with van der Waals surface area (Å²) in [6, 6.07) is 0.907. The van der Waals surface area contributed by atoms with Gasteiger partial charge in [-0.3, -0.25) is 4.79 Å². The summed E-state index contributed by atoms with van der Waals surface area (Å²) in [4.78, 5) is 16.2. The summed E-state index contributed by atoms with van der Waals surface area (Å²) in [5, 5.41) is 2.62. The van der Waals surface area contributed by atoms with Gasteiger partial charge in [-0.25, -0.2) is 4.98 Å². The molecule has 1 aromatic heterocycles. The number of alkyl halides is 6. The molecule has 0 atom stereocenters. The number of amides is 1. The van der Waals surface area contributed by atoms with Crippen LogP contribution in [0.3, 0.4) is 0 Å². The maximum Gasteiger partial charge on any atom is 0.416 e. The molecule has 0 aliphatic rings. The number of benzene rings is 1. The van der Waals surface area contributed by atoms with E-state index in [9.17, 15) is 31.1 Å². The molecule has 1 heterocycles. The second kappa shape index (κ2) is 6.08. The second-order valence-corrected chi connectivity index (χ2v) is 6.10. The molecule has 0 radical (unpaired) electrons. The zero-order valence-electron chi connectivity index (χ0n) is 12.3. The Bertz CT molecular complexity index is 746. The Morgan fingerprint density at radius 1 is 1.00 bits per heavy atom. The third kappa shape index (κ3) is 4.05. The number of nitrogens with one attached hydrogen (secondary N) is 1. The largest absolute Gasteiger partial charge is 0.416 e. The number of rotatable bonds is 2. The average molecular weight is 368 g/mol. The minimum atomic E-state index is -4.97. The molecule has 0 saturated heterocycles. The van der Waals surface area contributed by atoms with Gasteiger partial charge >= 0.3 is 12.4 Å². The lowest BCUT2D eigenvalue weighted by Gasteiger charge is -2.14. The van der Waals surface area contributed by atoms with Crippen LogP contribution >= 0.6 is 11.3 Å². The van der Waals surface area contributed by atoms with Crippen LogP contribution in [0.1, 0.15) is 31.5 Å². The smallest absolute Gasteiger partial charge is 0.321 e. The van der Waals surface area contributed by atoms with Gasteiger partial charge in [-0.15, -0.1) is 11.3 Å². The van der Waals surface area contributed by atoms with Crippen molar-refractivity contribution < 1.29 is 31.1 Å². The second-order valence-electron chi connectivity index (χ2n) is 4.90. The van der Waals surface area contributed by atoms with Crippen LogP contribution in [-0.4, -0.2) is 10.9 Å². The van der Waals surface area contributed by atoms with Crippen molar-refractivity contribution in [3.63, 3.8) is 0 Å². The molecule has 1 aromatic carbocycles. The number of hydrogen-bond donors (Lipinski definition) is 1. The van der Waals surface area contributed by atoms with E-state index in [1.165, 1.54) is 6.92 Å². The highest BCUT2D eigenvalue weighted by atomic mass is 32.1. The lowest BCUT2D eigenvalue weighted by molar-refractivity contribution is -0.143. The minimum Gasteiger partial charge on any atom is -0.321 e. The first-order chi connectivity index (χ1) is 10.9. The van der Waals surface area contributed by atoms with Gasteiger partial charge < -0.3 is 5.32 Å². The van der Waals surface area contributed by atoms with E-state index in [1.54, 1.807) is 6.92 Å². The fourth-order valence-corrected chi connectivity index (χ4v) is 2.77. The van der Waals surface area contributed by atoms with Crippen LogP contribution in [0, 0.1) is 13.8 Å². The monoisotopic (exact) mass is 368 g/mol. The quantitative estimate of drug-likeness (QED) is 0.754. The average Bonchev–Trinajstić information content (AvgIpc) is 2.75. The molecule has 1 amide bonds. The maximum atomic E-state index is 12.8. The zero-order chi connectivity index (χ0) is 18.3. The van der Waals surface area contributed by atoms with Gasteiger partial charge in [0.1, 0.15) is 4.88 Å². The topological polar surface area (TPSA) is 42.0 Å². The van der Waals surface area contributed by atoms with Crippen molar-refractivity contribution in [3.8, 4) is 0 Å². The summed E-state index contributed by atoms with van der Waals surface area (Å²) in [5.74, 6) is -0.814. The van der Waals surface area contributed by atoms with Gasteiger partial charge in [0, 0.05) is 5.69 Å². The fraction of sp³-hybridized carbons (Fsp3) is 0.286. The zero-order valence-corrected chi connectivity index (χ0v) is 13.1. The summed E-state index contributed by atoms with van der Waals surface area (Å²) in [6.45, 7) is 3.15. The molecule has 3 nitrogen and oxygen atoms in total. The Hall–Kier alpha value is -2.10. The van der Waals surface area contributed by atoms with Crippen molar-refractivity contribution >= 4 is 22.9 Å². The van der Waals surface area contributed by atoms with E-state index >= 15 is 0 Å². The van der Waals surface area contributed by atoms with Crippen molar-refractivity contribution in [1.29, 1.82) is 0 Å². The lowest BCUT2D eigenvalue weighted by Crippen LogP contribution is -2.15. The summed E-state index contributed by atoms with van der Waals surface area (Å²) in [7, 11) is 0. The minimum absolute atomic E-state index is 0.00223. The summed E-state index contributed by atoms with van der Waals surface area (Å²) in [6.07, 6.45) is -9.95. The Labute approximate surface area is 136 Å². The number of aromatic nitrogens is 1. The third-order valence-electron chi connectivity index (χ3n) is 2.96. The Balaban J connectivity index is 2.42. The highest BCUT2D eigenvalue weighted by Crippen LogP contribution is 2.37. The van der Waals surface area contributed by atoms with Crippen LogP contribution < -0.4 is 5.32 Å². The molecular weight excluding hydrogens is 358 g/mol.